The highest BCUT2D eigenvalue weighted by Crippen LogP contribution is 2.22. The van der Waals surface area contributed by atoms with Crippen LogP contribution in [0.2, 0.25) is 0 Å². The molecule has 0 saturated heterocycles. The second kappa shape index (κ2) is 3.62. The van der Waals surface area contributed by atoms with Gasteiger partial charge in [-0.25, -0.2) is 4.98 Å². The molecule has 1 aromatic heterocycles. The van der Waals surface area contributed by atoms with Gasteiger partial charge in [-0.15, -0.1) is 0 Å². The molecule has 3 nitrogen and oxygen atoms in total. The number of fused-ring (bicyclic) bond motifs is 1. The lowest BCUT2D eigenvalue weighted by Gasteiger charge is -1.84. The van der Waals surface area contributed by atoms with E-state index in [2.05, 4.69) is 4.98 Å². The maximum absolute atomic E-state index is 10.1. The molecule has 0 aliphatic rings. The molecule has 0 aliphatic heterocycles. The molecule has 13 heavy (non-hydrogen) atoms. The molecule has 1 heterocycles. The van der Waals surface area contributed by atoms with Gasteiger partial charge in [-0.3, -0.25) is 0 Å². The number of aromatic nitrogens is 1. The molecule has 0 fully saturated rings. The molecule has 2 rings (SSSR count). The molecule has 0 amide bonds. The summed E-state index contributed by atoms with van der Waals surface area (Å²) >= 11 is 1.30. The summed E-state index contributed by atoms with van der Waals surface area (Å²) in [5.41, 5.74) is 1.59. The van der Waals surface area contributed by atoms with Crippen LogP contribution >= 0.6 is 11.8 Å². The van der Waals surface area contributed by atoms with Crippen molar-refractivity contribution in [2.24, 2.45) is 0 Å². The van der Waals surface area contributed by atoms with E-state index in [-0.39, 0.29) is 0 Å². The first-order chi connectivity index (χ1) is 6.40. The van der Waals surface area contributed by atoms with Crippen LogP contribution in [-0.4, -0.2) is 17.0 Å². The number of aldehydes is 1. The fourth-order valence-corrected chi connectivity index (χ4v) is 1.54. The molecule has 0 bridgehead atoms. The van der Waals surface area contributed by atoms with Gasteiger partial charge in [0.15, 0.2) is 5.58 Å². The topological polar surface area (TPSA) is 43.1 Å². The Morgan fingerprint density at radius 2 is 2.31 bits per heavy atom. The van der Waals surface area contributed by atoms with Crippen molar-refractivity contribution in [3.05, 3.63) is 24.3 Å². The lowest BCUT2D eigenvalue weighted by Crippen LogP contribution is -1.77. The zero-order valence-corrected chi connectivity index (χ0v) is 7.58. The Hall–Kier alpha value is -1.29. The average molecular weight is 193 g/mol. The van der Waals surface area contributed by atoms with Crippen LogP contribution < -0.4 is 0 Å². The van der Waals surface area contributed by atoms with Crippen molar-refractivity contribution in [2.75, 3.05) is 5.75 Å². The van der Waals surface area contributed by atoms with Gasteiger partial charge in [0.1, 0.15) is 11.8 Å². The summed E-state index contributed by atoms with van der Waals surface area (Å²) in [5.74, 6) is 0.382. The van der Waals surface area contributed by atoms with Crippen molar-refractivity contribution in [1.29, 1.82) is 0 Å². The van der Waals surface area contributed by atoms with E-state index in [0.29, 0.717) is 11.0 Å². The molecule has 0 atom stereocenters. The number of benzene rings is 1. The van der Waals surface area contributed by atoms with E-state index in [4.69, 9.17) is 4.42 Å². The van der Waals surface area contributed by atoms with Gasteiger partial charge in [0.2, 0.25) is 0 Å². The minimum absolute atomic E-state index is 0.382. The van der Waals surface area contributed by atoms with Crippen molar-refractivity contribution in [2.45, 2.75) is 5.22 Å². The van der Waals surface area contributed by atoms with Crippen LogP contribution in [0.1, 0.15) is 0 Å². The predicted molar refractivity (Wildman–Crippen MR) is 50.8 cm³/mol. The van der Waals surface area contributed by atoms with Gasteiger partial charge in [-0.2, -0.15) is 0 Å². The third-order valence-electron chi connectivity index (χ3n) is 1.55. The van der Waals surface area contributed by atoms with Crippen molar-refractivity contribution in [3.8, 4) is 0 Å². The summed E-state index contributed by atoms with van der Waals surface area (Å²) in [6.07, 6.45) is 0.833. The lowest BCUT2D eigenvalue weighted by atomic mass is 10.3. The first-order valence-electron chi connectivity index (χ1n) is 3.82. The second-order valence-corrected chi connectivity index (χ2v) is 3.40. The molecule has 0 aliphatic carbocycles. The number of nitrogens with zero attached hydrogens (tertiary/aromatic N) is 1. The van der Waals surface area contributed by atoms with E-state index in [0.717, 1.165) is 17.4 Å². The van der Waals surface area contributed by atoms with E-state index in [9.17, 15) is 4.79 Å². The monoisotopic (exact) mass is 193 g/mol. The molecule has 0 unspecified atom stereocenters. The first-order valence-corrected chi connectivity index (χ1v) is 4.81. The Morgan fingerprint density at radius 3 is 3.08 bits per heavy atom. The Labute approximate surface area is 79.1 Å². The SMILES string of the molecule is O=CCSc1nc2ccccc2o1. The zero-order chi connectivity index (χ0) is 9.10. The number of hydrogen-bond donors (Lipinski definition) is 0. The van der Waals surface area contributed by atoms with Crippen molar-refractivity contribution >= 4 is 29.1 Å². The largest absolute Gasteiger partial charge is 0.431 e. The number of hydrogen-bond acceptors (Lipinski definition) is 4. The quantitative estimate of drug-likeness (QED) is 0.553. The minimum Gasteiger partial charge on any atom is -0.431 e. The van der Waals surface area contributed by atoms with Crippen LogP contribution in [0.4, 0.5) is 0 Å². The molecule has 66 valence electrons. The second-order valence-electron chi connectivity index (χ2n) is 2.43. The van der Waals surface area contributed by atoms with Gasteiger partial charge in [0.05, 0.1) is 5.75 Å². The predicted octanol–water partition coefficient (Wildman–Crippen LogP) is 2.12. The summed E-state index contributed by atoms with van der Waals surface area (Å²) in [6, 6.07) is 7.53. The summed E-state index contributed by atoms with van der Waals surface area (Å²) in [5, 5.41) is 0.549. The Bertz CT molecular complexity index is 391. The van der Waals surface area contributed by atoms with Gasteiger partial charge in [0, 0.05) is 0 Å². The van der Waals surface area contributed by atoms with Crippen LogP contribution in [0.15, 0.2) is 33.9 Å². The average Bonchev–Trinajstić information content (AvgIpc) is 2.57. The van der Waals surface area contributed by atoms with Crippen molar-refractivity contribution in [1.82, 2.24) is 4.98 Å². The molecule has 0 spiro atoms. The van der Waals surface area contributed by atoms with E-state index < -0.39 is 0 Å². The van der Waals surface area contributed by atoms with Gasteiger partial charge >= 0.3 is 0 Å². The fraction of sp³-hybridized carbons (Fsp3) is 0.111. The first kappa shape index (κ1) is 8.31. The highest BCUT2D eigenvalue weighted by molar-refractivity contribution is 7.99. The fourth-order valence-electron chi connectivity index (χ4n) is 1.02. The van der Waals surface area contributed by atoms with Crippen molar-refractivity contribution < 1.29 is 9.21 Å². The molecule has 2 aromatic rings. The molecule has 0 saturated carbocycles. The van der Waals surface area contributed by atoms with E-state index in [1.54, 1.807) is 0 Å². The minimum atomic E-state index is 0.382. The Morgan fingerprint density at radius 1 is 1.46 bits per heavy atom. The lowest BCUT2D eigenvalue weighted by molar-refractivity contribution is -0.105. The molecule has 0 radical (unpaired) electrons. The molecule has 0 N–H and O–H groups in total. The maximum atomic E-state index is 10.1. The summed E-state index contributed by atoms with van der Waals surface area (Å²) in [7, 11) is 0. The number of carbonyl (C=O) groups excluding carboxylic acids is 1. The molecule has 1 aromatic carbocycles. The van der Waals surface area contributed by atoms with Gasteiger partial charge < -0.3 is 9.21 Å². The van der Waals surface area contributed by atoms with Crippen LogP contribution in [0, 0.1) is 0 Å². The van der Waals surface area contributed by atoms with Crippen LogP contribution in [0.3, 0.4) is 0 Å². The van der Waals surface area contributed by atoms with Gasteiger partial charge in [-0.05, 0) is 12.1 Å². The van der Waals surface area contributed by atoms with E-state index >= 15 is 0 Å². The van der Waals surface area contributed by atoms with Crippen molar-refractivity contribution in [3.63, 3.8) is 0 Å². The third kappa shape index (κ3) is 1.72. The highest BCUT2D eigenvalue weighted by atomic mass is 32.2. The summed E-state index contributed by atoms with van der Waals surface area (Å²) in [6.45, 7) is 0. The highest BCUT2D eigenvalue weighted by Gasteiger charge is 2.03. The maximum Gasteiger partial charge on any atom is 0.257 e. The van der Waals surface area contributed by atoms with E-state index in [1.165, 1.54) is 11.8 Å². The number of rotatable bonds is 3. The number of para-hydroxylation sites is 2. The molecular weight excluding hydrogens is 186 g/mol. The standard InChI is InChI=1S/C9H7NO2S/c11-5-6-13-9-10-7-3-1-2-4-8(7)12-9/h1-5H,6H2. The Balaban J connectivity index is 2.32. The number of thioether (sulfide) groups is 1. The third-order valence-corrected chi connectivity index (χ3v) is 2.27. The Kier molecular flexibility index (Phi) is 2.31. The number of oxazole rings is 1. The molecule has 4 heteroatoms. The van der Waals surface area contributed by atoms with Crippen LogP contribution in [0.25, 0.3) is 11.1 Å². The molecular formula is C9H7NO2S. The normalized spacial score (nSPS) is 10.5. The van der Waals surface area contributed by atoms with Gasteiger partial charge in [0.25, 0.3) is 5.22 Å². The number of carbonyl (C=O) groups is 1. The summed E-state index contributed by atoms with van der Waals surface area (Å²) < 4.78 is 5.36. The zero-order valence-electron chi connectivity index (χ0n) is 6.77. The summed E-state index contributed by atoms with van der Waals surface area (Å²) in [4.78, 5) is 14.3. The van der Waals surface area contributed by atoms with E-state index in [1.807, 2.05) is 24.3 Å². The van der Waals surface area contributed by atoms with Crippen LogP contribution in [-0.2, 0) is 4.79 Å². The van der Waals surface area contributed by atoms with Gasteiger partial charge in [-0.1, -0.05) is 23.9 Å². The smallest absolute Gasteiger partial charge is 0.257 e. The van der Waals surface area contributed by atoms with Crippen LogP contribution in [0.5, 0.6) is 0 Å².